The number of carboxylic acids is 1. The first-order chi connectivity index (χ1) is 11.4. The number of aryl methyl sites for hydroxylation is 1. The van der Waals surface area contributed by atoms with E-state index in [-0.39, 0.29) is 17.2 Å². The van der Waals surface area contributed by atoms with Crippen LogP contribution >= 0.6 is 0 Å². The molecule has 2 unspecified atom stereocenters. The van der Waals surface area contributed by atoms with Crippen molar-refractivity contribution in [1.82, 2.24) is 0 Å². The molecule has 2 N–H and O–H groups in total. The number of phenols is 1. The van der Waals surface area contributed by atoms with Crippen molar-refractivity contribution in [2.45, 2.75) is 38.9 Å². The third kappa shape index (κ3) is 2.75. The molecule has 1 aliphatic carbocycles. The number of hydrogen-bond donors (Lipinski definition) is 2. The quantitative estimate of drug-likeness (QED) is 0.501. The van der Waals surface area contributed by atoms with Gasteiger partial charge in [-0.3, -0.25) is 0 Å². The van der Waals surface area contributed by atoms with Crippen molar-refractivity contribution >= 4 is 11.9 Å². The van der Waals surface area contributed by atoms with Crippen LogP contribution < -0.4 is 0 Å². The van der Waals surface area contributed by atoms with Gasteiger partial charge in [0.1, 0.15) is 5.75 Å². The largest absolute Gasteiger partial charge is 0.508 e. The van der Waals surface area contributed by atoms with Crippen LogP contribution in [0.3, 0.4) is 0 Å². The van der Waals surface area contributed by atoms with Gasteiger partial charge in [-0.15, -0.1) is 0 Å². The molecule has 0 amide bonds. The number of hydrogen-bond acceptors (Lipinski definition) is 5. The number of carbonyl (C=O) groups excluding carboxylic acids is 1. The molecule has 0 radical (unpaired) electrons. The summed E-state index contributed by atoms with van der Waals surface area (Å²) in [5.74, 6) is -1.82. The Kier molecular flexibility index (Phi) is 4.05. The van der Waals surface area contributed by atoms with Crippen LogP contribution in [0.15, 0.2) is 41.2 Å². The smallest absolute Gasteiger partial charge is 0.337 e. The molecule has 0 spiro atoms. The first-order valence-electron chi connectivity index (χ1n) is 7.67. The minimum Gasteiger partial charge on any atom is -0.508 e. The molecule has 0 saturated heterocycles. The topological polar surface area (TPSA) is 93.1 Å². The molecule has 1 aromatic rings. The zero-order valence-electron chi connectivity index (χ0n) is 13.4. The highest BCUT2D eigenvalue weighted by Gasteiger charge is 2.32. The summed E-state index contributed by atoms with van der Waals surface area (Å²) in [5.41, 5.74) is 2.99. The van der Waals surface area contributed by atoms with E-state index in [1.54, 1.807) is 32.0 Å². The summed E-state index contributed by atoms with van der Waals surface area (Å²) in [6, 6.07) is 4.99. The van der Waals surface area contributed by atoms with Crippen LogP contribution in [0.5, 0.6) is 5.75 Å². The van der Waals surface area contributed by atoms with E-state index in [2.05, 4.69) is 0 Å². The molecular formula is C18H18O6. The summed E-state index contributed by atoms with van der Waals surface area (Å²) >= 11 is 0. The molecule has 0 fully saturated rings. The second-order valence-electron chi connectivity index (χ2n) is 6.03. The van der Waals surface area contributed by atoms with Crippen LogP contribution in [0.4, 0.5) is 0 Å². The Hall–Kier alpha value is -2.76. The summed E-state index contributed by atoms with van der Waals surface area (Å²) in [6.07, 6.45) is 1.63. The minimum atomic E-state index is -1.10. The van der Waals surface area contributed by atoms with E-state index in [1.807, 2.05) is 0 Å². The SMILES string of the molecule is CC1=C(C)C(O/C=C(/C(=O)O)C2CCc3ccc(O)cc32)OC1=O. The molecule has 0 bridgehead atoms. The van der Waals surface area contributed by atoms with Crippen LogP contribution in [0.25, 0.3) is 0 Å². The highest BCUT2D eigenvalue weighted by atomic mass is 16.7. The second-order valence-corrected chi connectivity index (χ2v) is 6.03. The number of esters is 1. The third-order valence-corrected chi connectivity index (χ3v) is 4.61. The Bertz CT molecular complexity index is 774. The average Bonchev–Trinajstić information content (AvgIpc) is 3.04. The number of benzene rings is 1. The van der Waals surface area contributed by atoms with Crippen LogP contribution in [-0.4, -0.2) is 28.4 Å². The molecule has 2 aliphatic rings. The van der Waals surface area contributed by atoms with Crippen molar-refractivity contribution in [3.8, 4) is 5.75 Å². The number of carbonyl (C=O) groups is 2. The summed E-state index contributed by atoms with van der Waals surface area (Å²) in [5, 5.41) is 19.2. The lowest BCUT2D eigenvalue weighted by Gasteiger charge is -2.16. The van der Waals surface area contributed by atoms with Gasteiger partial charge >= 0.3 is 11.9 Å². The van der Waals surface area contributed by atoms with Crippen LogP contribution in [-0.2, 0) is 25.5 Å². The number of fused-ring (bicyclic) bond motifs is 1. The molecule has 24 heavy (non-hydrogen) atoms. The molecule has 1 aromatic carbocycles. The molecule has 0 saturated carbocycles. The lowest BCUT2D eigenvalue weighted by atomic mass is 9.93. The summed E-state index contributed by atoms with van der Waals surface area (Å²) < 4.78 is 10.5. The Morgan fingerprint density at radius 2 is 2.12 bits per heavy atom. The van der Waals surface area contributed by atoms with Crippen LogP contribution in [0.2, 0.25) is 0 Å². The first kappa shape index (κ1) is 16.1. The molecule has 126 valence electrons. The Morgan fingerprint density at radius 3 is 2.75 bits per heavy atom. The maximum Gasteiger partial charge on any atom is 0.337 e. The molecule has 1 aliphatic heterocycles. The van der Waals surface area contributed by atoms with Gasteiger partial charge < -0.3 is 19.7 Å². The average molecular weight is 330 g/mol. The van der Waals surface area contributed by atoms with Gasteiger partial charge in [-0.05, 0) is 49.9 Å². The lowest BCUT2D eigenvalue weighted by molar-refractivity contribution is -0.153. The fourth-order valence-electron chi connectivity index (χ4n) is 3.07. The molecule has 1 heterocycles. The predicted molar refractivity (Wildman–Crippen MR) is 84.2 cm³/mol. The van der Waals surface area contributed by atoms with Crippen molar-refractivity contribution in [1.29, 1.82) is 0 Å². The van der Waals surface area contributed by atoms with Gasteiger partial charge in [0.15, 0.2) is 0 Å². The summed E-state index contributed by atoms with van der Waals surface area (Å²) in [6.45, 7) is 3.35. The number of ether oxygens (including phenoxy) is 2. The number of aromatic hydroxyl groups is 1. The standard InChI is InChI=1S/C18H18O6/c1-9-10(2)18(24-17(9)22)23-8-15(16(20)21)13-6-4-11-3-5-12(19)7-14(11)13/h3,5,7-8,13,18-19H,4,6H2,1-2H3,(H,20,21)/b15-8+. The number of rotatable bonds is 4. The zero-order valence-corrected chi connectivity index (χ0v) is 13.4. The number of aliphatic carboxylic acids is 1. The van der Waals surface area contributed by atoms with Gasteiger partial charge in [0.25, 0.3) is 6.29 Å². The van der Waals surface area contributed by atoms with Gasteiger partial charge in [0.05, 0.1) is 11.8 Å². The van der Waals surface area contributed by atoms with E-state index in [0.29, 0.717) is 17.6 Å². The lowest BCUT2D eigenvalue weighted by Crippen LogP contribution is -2.15. The van der Waals surface area contributed by atoms with Crippen molar-refractivity contribution < 1.29 is 29.3 Å². The Balaban J connectivity index is 1.86. The third-order valence-electron chi connectivity index (χ3n) is 4.61. The van der Waals surface area contributed by atoms with E-state index in [1.165, 1.54) is 0 Å². The van der Waals surface area contributed by atoms with E-state index in [0.717, 1.165) is 23.8 Å². The van der Waals surface area contributed by atoms with E-state index >= 15 is 0 Å². The minimum absolute atomic E-state index is 0.0766. The number of carboxylic acid groups (broad SMARTS) is 1. The molecule has 6 nitrogen and oxygen atoms in total. The fourth-order valence-corrected chi connectivity index (χ4v) is 3.07. The zero-order chi connectivity index (χ0) is 17.4. The van der Waals surface area contributed by atoms with Gasteiger partial charge in [-0.1, -0.05) is 6.07 Å². The molecule has 0 aromatic heterocycles. The first-order valence-corrected chi connectivity index (χ1v) is 7.67. The van der Waals surface area contributed by atoms with Crippen molar-refractivity contribution in [3.05, 3.63) is 52.3 Å². The molecule has 2 atom stereocenters. The number of phenolic OH excluding ortho intramolecular Hbond substituents is 1. The van der Waals surface area contributed by atoms with Gasteiger partial charge in [0, 0.05) is 17.1 Å². The van der Waals surface area contributed by atoms with Crippen LogP contribution in [0.1, 0.15) is 37.3 Å². The predicted octanol–water partition coefficient (Wildman–Crippen LogP) is 2.63. The van der Waals surface area contributed by atoms with Crippen molar-refractivity contribution in [3.63, 3.8) is 0 Å². The fraction of sp³-hybridized carbons (Fsp3) is 0.333. The van der Waals surface area contributed by atoms with Gasteiger partial charge in [0.2, 0.25) is 0 Å². The Morgan fingerprint density at radius 1 is 1.38 bits per heavy atom. The van der Waals surface area contributed by atoms with Gasteiger partial charge in [-0.25, -0.2) is 9.59 Å². The monoisotopic (exact) mass is 330 g/mol. The highest BCUT2D eigenvalue weighted by Crippen LogP contribution is 2.40. The summed E-state index contributed by atoms with van der Waals surface area (Å²) in [4.78, 5) is 23.2. The maximum atomic E-state index is 11.7. The molecular weight excluding hydrogens is 312 g/mol. The highest BCUT2D eigenvalue weighted by molar-refractivity contribution is 5.91. The Labute approximate surface area is 139 Å². The molecule has 6 heteroatoms. The van der Waals surface area contributed by atoms with E-state index < -0.39 is 18.2 Å². The normalized spacial score (nSPS) is 23.2. The van der Waals surface area contributed by atoms with Gasteiger partial charge in [-0.2, -0.15) is 0 Å². The van der Waals surface area contributed by atoms with E-state index in [9.17, 15) is 19.8 Å². The summed E-state index contributed by atoms with van der Waals surface area (Å²) in [7, 11) is 0. The molecule has 3 rings (SSSR count). The maximum absolute atomic E-state index is 11.7. The van der Waals surface area contributed by atoms with E-state index in [4.69, 9.17) is 9.47 Å². The van der Waals surface area contributed by atoms with Crippen LogP contribution in [0, 0.1) is 0 Å². The van der Waals surface area contributed by atoms with Crippen molar-refractivity contribution in [2.24, 2.45) is 0 Å². The van der Waals surface area contributed by atoms with Crippen molar-refractivity contribution in [2.75, 3.05) is 0 Å². The second kappa shape index (κ2) is 6.03. The number of cyclic esters (lactones) is 1.